The lowest BCUT2D eigenvalue weighted by molar-refractivity contribution is -0.124. The second-order valence-corrected chi connectivity index (χ2v) is 8.04. The second kappa shape index (κ2) is 6.51. The van der Waals surface area contributed by atoms with Crippen LogP contribution in [0.1, 0.15) is 48.5 Å². The van der Waals surface area contributed by atoms with Crippen LogP contribution in [0.25, 0.3) is 0 Å². The van der Waals surface area contributed by atoms with E-state index in [-0.39, 0.29) is 17.6 Å². The molecule has 1 spiro atoms. The minimum atomic E-state index is -0.508. The van der Waals surface area contributed by atoms with Crippen LogP contribution in [0.3, 0.4) is 0 Å². The number of hydrogen-bond acceptors (Lipinski definition) is 4. The first-order valence-electron chi connectivity index (χ1n) is 9.55. The number of likely N-dealkylation sites (N-methyl/N-ethyl adjacent to an activating group) is 1. The van der Waals surface area contributed by atoms with Gasteiger partial charge < -0.3 is 14.3 Å². The maximum atomic E-state index is 13.0. The predicted molar refractivity (Wildman–Crippen MR) is 102 cm³/mol. The summed E-state index contributed by atoms with van der Waals surface area (Å²) in [4.78, 5) is 29.3. The molecule has 0 atom stereocenters. The SMILES string of the molecule is CC(C)Cc1cc(C(=O)N2CCC3(CC2)C(=O)N(C)c2ccccc23)on1. The minimum Gasteiger partial charge on any atom is -0.351 e. The van der Waals surface area contributed by atoms with Gasteiger partial charge in [-0.1, -0.05) is 37.2 Å². The molecule has 6 nitrogen and oxygen atoms in total. The number of piperidine rings is 1. The fraction of sp³-hybridized carbons (Fsp3) is 0.476. The Morgan fingerprint density at radius 1 is 1.26 bits per heavy atom. The van der Waals surface area contributed by atoms with E-state index in [1.165, 1.54) is 0 Å². The molecule has 1 saturated heterocycles. The van der Waals surface area contributed by atoms with Gasteiger partial charge in [0.2, 0.25) is 11.7 Å². The molecule has 6 heteroatoms. The summed E-state index contributed by atoms with van der Waals surface area (Å²) in [5.74, 6) is 0.740. The quantitative estimate of drug-likeness (QED) is 0.836. The lowest BCUT2D eigenvalue weighted by Crippen LogP contribution is -2.49. The van der Waals surface area contributed by atoms with E-state index in [9.17, 15) is 9.59 Å². The molecule has 1 aromatic carbocycles. The average molecular weight is 367 g/mol. The molecular weight excluding hydrogens is 342 g/mol. The number of anilines is 1. The van der Waals surface area contributed by atoms with Crippen molar-refractivity contribution in [1.29, 1.82) is 0 Å². The monoisotopic (exact) mass is 367 g/mol. The largest absolute Gasteiger partial charge is 0.351 e. The first-order valence-corrected chi connectivity index (χ1v) is 9.55. The summed E-state index contributed by atoms with van der Waals surface area (Å²) in [5.41, 5.74) is 2.37. The normalized spacial score (nSPS) is 18.4. The number of carbonyl (C=O) groups excluding carboxylic acids is 2. The Hall–Kier alpha value is -2.63. The van der Waals surface area contributed by atoms with Crippen molar-refractivity contribution < 1.29 is 14.1 Å². The summed E-state index contributed by atoms with van der Waals surface area (Å²) in [7, 11) is 1.83. The Labute approximate surface area is 159 Å². The highest BCUT2D eigenvalue weighted by molar-refractivity contribution is 6.08. The molecule has 0 aliphatic carbocycles. The van der Waals surface area contributed by atoms with Crippen molar-refractivity contribution in [3.63, 3.8) is 0 Å². The smallest absolute Gasteiger partial charge is 0.292 e. The van der Waals surface area contributed by atoms with Crippen molar-refractivity contribution in [3.8, 4) is 0 Å². The van der Waals surface area contributed by atoms with E-state index in [0.29, 0.717) is 31.8 Å². The van der Waals surface area contributed by atoms with Crippen LogP contribution in [0.5, 0.6) is 0 Å². The third kappa shape index (κ3) is 2.83. The lowest BCUT2D eigenvalue weighted by Gasteiger charge is -2.38. The maximum absolute atomic E-state index is 13.0. The number of aromatic nitrogens is 1. The van der Waals surface area contributed by atoms with Gasteiger partial charge in [0.1, 0.15) is 0 Å². The highest BCUT2D eigenvalue weighted by atomic mass is 16.5. The molecule has 142 valence electrons. The van der Waals surface area contributed by atoms with E-state index >= 15 is 0 Å². The number of fused-ring (bicyclic) bond motifs is 2. The molecule has 2 aromatic rings. The van der Waals surface area contributed by atoms with E-state index < -0.39 is 5.41 Å². The van der Waals surface area contributed by atoms with Crippen molar-refractivity contribution >= 4 is 17.5 Å². The third-order valence-electron chi connectivity index (χ3n) is 5.79. The van der Waals surface area contributed by atoms with Gasteiger partial charge in [-0.3, -0.25) is 9.59 Å². The van der Waals surface area contributed by atoms with Gasteiger partial charge in [0.05, 0.1) is 11.1 Å². The van der Waals surface area contributed by atoms with Crippen molar-refractivity contribution in [3.05, 3.63) is 47.3 Å². The number of nitrogens with zero attached hydrogens (tertiary/aromatic N) is 3. The second-order valence-electron chi connectivity index (χ2n) is 8.04. The number of rotatable bonds is 3. The van der Waals surface area contributed by atoms with Gasteiger partial charge in [0, 0.05) is 31.9 Å². The summed E-state index contributed by atoms with van der Waals surface area (Å²) >= 11 is 0. The molecule has 0 saturated carbocycles. The van der Waals surface area contributed by atoms with Gasteiger partial charge in [0.15, 0.2) is 0 Å². The highest BCUT2D eigenvalue weighted by Crippen LogP contribution is 2.47. The molecule has 27 heavy (non-hydrogen) atoms. The minimum absolute atomic E-state index is 0.134. The zero-order chi connectivity index (χ0) is 19.2. The summed E-state index contributed by atoms with van der Waals surface area (Å²) in [5, 5.41) is 4.01. The predicted octanol–water partition coefficient (Wildman–Crippen LogP) is 3.02. The molecular formula is C21H25N3O3. The molecule has 0 bridgehead atoms. The van der Waals surface area contributed by atoms with Crippen molar-refractivity contribution in [2.45, 2.75) is 38.5 Å². The Bertz CT molecular complexity index is 878. The van der Waals surface area contributed by atoms with Crippen LogP contribution in [0.15, 0.2) is 34.9 Å². The van der Waals surface area contributed by atoms with Crippen LogP contribution >= 0.6 is 0 Å². The summed E-state index contributed by atoms with van der Waals surface area (Å²) in [6.07, 6.45) is 2.05. The van der Waals surface area contributed by atoms with E-state index in [1.807, 2.05) is 31.3 Å². The number of likely N-dealkylation sites (tertiary alicyclic amines) is 1. The fourth-order valence-electron chi connectivity index (χ4n) is 4.37. The highest BCUT2D eigenvalue weighted by Gasteiger charge is 2.51. The zero-order valence-electron chi connectivity index (χ0n) is 16.1. The number of hydrogen-bond donors (Lipinski definition) is 0. The molecule has 0 unspecified atom stereocenters. The van der Waals surface area contributed by atoms with E-state index in [0.717, 1.165) is 23.4 Å². The molecule has 2 amide bonds. The number of amides is 2. The molecule has 2 aliphatic rings. The Morgan fingerprint density at radius 2 is 1.96 bits per heavy atom. The summed E-state index contributed by atoms with van der Waals surface area (Å²) < 4.78 is 5.28. The number of carbonyl (C=O) groups is 2. The van der Waals surface area contributed by atoms with Crippen LogP contribution in [-0.4, -0.2) is 42.0 Å². The van der Waals surface area contributed by atoms with Crippen LogP contribution in [0.2, 0.25) is 0 Å². The van der Waals surface area contributed by atoms with Crippen LogP contribution in [0.4, 0.5) is 5.69 Å². The Morgan fingerprint density at radius 3 is 2.67 bits per heavy atom. The summed E-state index contributed by atoms with van der Waals surface area (Å²) in [6.45, 7) is 5.28. The van der Waals surface area contributed by atoms with Gasteiger partial charge >= 0.3 is 0 Å². The fourth-order valence-corrected chi connectivity index (χ4v) is 4.37. The molecule has 0 N–H and O–H groups in total. The molecule has 1 fully saturated rings. The molecule has 4 rings (SSSR count). The van der Waals surface area contributed by atoms with Crippen LogP contribution < -0.4 is 4.90 Å². The van der Waals surface area contributed by atoms with Crippen molar-refractivity contribution in [2.24, 2.45) is 5.92 Å². The van der Waals surface area contributed by atoms with E-state index in [1.54, 1.807) is 15.9 Å². The Kier molecular flexibility index (Phi) is 4.29. The first kappa shape index (κ1) is 17.8. The van der Waals surface area contributed by atoms with Crippen LogP contribution in [-0.2, 0) is 16.6 Å². The van der Waals surface area contributed by atoms with Crippen molar-refractivity contribution in [1.82, 2.24) is 10.1 Å². The van der Waals surface area contributed by atoms with Gasteiger partial charge in [0.25, 0.3) is 5.91 Å². The van der Waals surface area contributed by atoms with Gasteiger partial charge in [-0.2, -0.15) is 0 Å². The van der Waals surface area contributed by atoms with E-state index in [2.05, 4.69) is 19.0 Å². The average Bonchev–Trinajstić information content (AvgIpc) is 3.20. The topological polar surface area (TPSA) is 66.7 Å². The molecule has 0 radical (unpaired) electrons. The zero-order valence-corrected chi connectivity index (χ0v) is 16.1. The van der Waals surface area contributed by atoms with Crippen molar-refractivity contribution in [2.75, 3.05) is 25.0 Å². The number of benzene rings is 1. The molecule has 3 heterocycles. The Balaban J connectivity index is 1.50. The van der Waals surface area contributed by atoms with Gasteiger partial charge in [-0.25, -0.2) is 0 Å². The molecule has 1 aromatic heterocycles. The van der Waals surface area contributed by atoms with E-state index in [4.69, 9.17) is 4.52 Å². The number of para-hydroxylation sites is 1. The standard InChI is InChI=1S/C21H25N3O3/c1-14(2)12-15-13-18(27-22-15)19(25)24-10-8-21(9-11-24)16-6-4-5-7-17(16)23(3)20(21)26/h4-7,13-14H,8-12H2,1-3H3. The lowest BCUT2D eigenvalue weighted by atomic mass is 9.73. The van der Waals surface area contributed by atoms with Crippen LogP contribution in [0, 0.1) is 5.92 Å². The summed E-state index contributed by atoms with van der Waals surface area (Å²) in [6, 6.07) is 9.72. The third-order valence-corrected chi connectivity index (χ3v) is 5.79. The maximum Gasteiger partial charge on any atom is 0.292 e. The first-order chi connectivity index (χ1) is 12.9. The molecule has 2 aliphatic heterocycles. The van der Waals surface area contributed by atoms with Gasteiger partial charge in [-0.05, 0) is 36.8 Å². The van der Waals surface area contributed by atoms with Gasteiger partial charge in [-0.15, -0.1) is 0 Å².